The Bertz CT molecular complexity index is 368. The third-order valence-electron chi connectivity index (χ3n) is 4.32. The van der Waals surface area contributed by atoms with Crippen LogP contribution in [0.25, 0.3) is 0 Å². The highest BCUT2D eigenvalue weighted by Crippen LogP contribution is 2.29. The Hall–Kier alpha value is -1.26. The van der Waals surface area contributed by atoms with Crippen molar-refractivity contribution in [3.05, 3.63) is 0 Å². The number of urea groups is 1. The third kappa shape index (κ3) is 3.61. The molecule has 19 heavy (non-hydrogen) atoms. The molecule has 5 heteroatoms. The summed E-state index contributed by atoms with van der Waals surface area (Å²) in [5.41, 5.74) is 0.202. The second-order valence-electron chi connectivity index (χ2n) is 6.68. The van der Waals surface area contributed by atoms with Gasteiger partial charge in [-0.1, -0.05) is 20.3 Å². The first-order valence-electron chi connectivity index (χ1n) is 7.16. The summed E-state index contributed by atoms with van der Waals surface area (Å²) in [5, 5.41) is 12.1. The first kappa shape index (κ1) is 14.2. The maximum absolute atomic E-state index is 12.1. The molecule has 2 amide bonds. The van der Waals surface area contributed by atoms with Crippen LogP contribution in [-0.2, 0) is 4.79 Å². The summed E-state index contributed by atoms with van der Waals surface area (Å²) >= 11 is 0. The van der Waals surface area contributed by atoms with Crippen LogP contribution in [0.1, 0.15) is 46.0 Å². The predicted molar refractivity (Wildman–Crippen MR) is 71.9 cm³/mol. The number of carboxylic acid groups (broad SMARTS) is 1. The number of carbonyl (C=O) groups is 2. The van der Waals surface area contributed by atoms with Crippen molar-refractivity contribution in [1.29, 1.82) is 0 Å². The topological polar surface area (TPSA) is 69.6 Å². The van der Waals surface area contributed by atoms with E-state index in [0.29, 0.717) is 6.42 Å². The Morgan fingerprint density at radius 1 is 1.32 bits per heavy atom. The Morgan fingerprint density at radius 2 is 2.05 bits per heavy atom. The van der Waals surface area contributed by atoms with Crippen LogP contribution >= 0.6 is 0 Å². The number of nitrogens with one attached hydrogen (secondary N) is 1. The summed E-state index contributed by atoms with van der Waals surface area (Å²) in [6.45, 7) is 5.92. The molecule has 2 rings (SSSR count). The van der Waals surface area contributed by atoms with Gasteiger partial charge in [0, 0.05) is 19.1 Å². The highest BCUT2D eigenvalue weighted by atomic mass is 16.4. The lowest BCUT2D eigenvalue weighted by molar-refractivity contribution is -0.143. The quantitative estimate of drug-likeness (QED) is 0.805. The molecule has 5 nitrogen and oxygen atoms in total. The highest BCUT2D eigenvalue weighted by Gasteiger charge is 2.34. The molecule has 2 atom stereocenters. The van der Waals surface area contributed by atoms with E-state index in [0.717, 1.165) is 38.8 Å². The van der Waals surface area contributed by atoms with Crippen molar-refractivity contribution in [3.8, 4) is 0 Å². The van der Waals surface area contributed by atoms with Crippen LogP contribution < -0.4 is 5.32 Å². The lowest BCUT2D eigenvalue weighted by atomic mass is 9.86. The third-order valence-corrected chi connectivity index (χ3v) is 4.32. The number of amides is 2. The minimum absolute atomic E-state index is 0.0195. The van der Waals surface area contributed by atoms with Crippen molar-refractivity contribution in [2.24, 2.45) is 11.3 Å². The molecule has 0 aromatic rings. The van der Waals surface area contributed by atoms with Crippen molar-refractivity contribution < 1.29 is 14.7 Å². The van der Waals surface area contributed by atoms with Gasteiger partial charge < -0.3 is 15.3 Å². The van der Waals surface area contributed by atoms with Crippen molar-refractivity contribution in [2.75, 3.05) is 13.1 Å². The molecule has 1 heterocycles. The largest absolute Gasteiger partial charge is 0.481 e. The molecule has 1 saturated heterocycles. The zero-order chi connectivity index (χ0) is 14.0. The zero-order valence-electron chi connectivity index (χ0n) is 11.8. The van der Waals surface area contributed by atoms with E-state index < -0.39 is 5.97 Å². The highest BCUT2D eigenvalue weighted by molar-refractivity contribution is 5.75. The fraction of sp³-hybridized carbons (Fsp3) is 0.857. The molecule has 0 spiro atoms. The van der Waals surface area contributed by atoms with Gasteiger partial charge in [0.05, 0.1) is 5.92 Å². The number of rotatable bonds is 2. The van der Waals surface area contributed by atoms with E-state index >= 15 is 0 Å². The second kappa shape index (κ2) is 5.39. The number of carboxylic acids is 1. The number of hydrogen-bond acceptors (Lipinski definition) is 2. The molecule has 2 N–H and O–H groups in total. The van der Waals surface area contributed by atoms with Gasteiger partial charge in [0.15, 0.2) is 0 Å². The Kier molecular flexibility index (Phi) is 4.02. The Labute approximate surface area is 114 Å². The van der Waals surface area contributed by atoms with Crippen LogP contribution in [0.3, 0.4) is 0 Å². The molecule has 0 bridgehead atoms. The monoisotopic (exact) mass is 268 g/mol. The summed E-state index contributed by atoms with van der Waals surface area (Å²) in [6.07, 6.45) is 4.11. The van der Waals surface area contributed by atoms with Crippen LogP contribution in [0, 0.1) is 11.3 Å². The molecular formula is C14H24N2O3. The number of aliphatic carboxylic acids is 1. The number of likely N-dealkylation sites (tertiary alicyclic amines) is 1. The van der Waals surface area contributed by atoms with Gasteiger partial charge in [-0.2, -0.15) is 0 Å². The maximum Gasteiger partial charge on any atom is 0.317 e. The van der Waals surface area contributed by atoms with E-state index in [1.165, 1.54) is 0 Å². The van der Waals surface area contributed by atoms with Crippen molar-refractivity contribution in [3.63, 3.8) is 0 Å². The van der Waals surface area contributed by atoms with Gasteiger partial charge in [-0.05, 0) is 31.1 Å². The molecule has 1 saturated carbocycles. The first-order valence-corrected chi connectivity index (χ1v) is 7.16. The lowest BCUT2D eigenvalue weighted by Gasteiger charge is -2.29. The lowest BCUT2D eigenvalue weighted by Crippen LogP contribution is -2.46. The van der Waals surface area contributed by atoms with E-state index in [2.05, 4.69) is 19.2 Å². The van der Waals surface area contributed by atoms with Gasteiger partial charge in [0.2, 0.25) is 0 Å². The molecule has 2 fully saturated rings. The van der Waals surface area contributed by atoms with E-state index in [9.17, 15) is 9.59 Å². The van der Waals surface area contributed by atoms with Crippen molar-refractivity contribution in [1.82, 2.24) is 10.2 Å². The summed E-state index contributed by atoms with van der Waals surface area (Å²) < 4.78 is 0. The summed E-state index contributed by atoms with van der Waals surface area (Å²) in [7, 11) is 0. The normalized spacial score (nSPS) is 30.1. The average molecular weight is 268 g/mol. The predicted octanol–water partition coefficient (Wildman–Crippen LogP) is 2.07. The van der Waals surface area contributed by atoms with Crippen LogP contribution in [0.5, 0.6) is 0 Å². The number of hydrogen-bond donors (Lipinski definition) is 2. The smallest absolute Gasteiger partial charge is 0.317 e. The molecule has 2 unspecified atom stereocenters. The van der Waals surface area contributed by atoms with Gasteiger partial charge in [0.1, 0.15) is 0 Å². The van der Waals surface area contributed by atoms with Crippen LogP contribution in [0.4, 0.5) is 4.79 Å². The summed E-state index contributed by atoms with van der Waals surface area (Å²) in [5.74, 6) is -1.03. The van der Waals surface area contributed by atoms with Gasteiger partial charge in [-0.3, -0.25) is 4.79 Å². The molecule has 0 aromatic heterocycles. The maximum atomic E-state index is 12.1. The molecule has 0 radical (unpaired) electrons. The fourth-order valence-corrected chi connectivity index (χ4v) is 3.10. The van der Waals surface area contributed by atoms with Gasteiger partial charge in [-0.15, -0.1) is 0 Å². The van der Waals surface area contributed by atoms with Crippen LogP contribution in [0.15, 0.2) is 0 Å². The van der Waals surface area contributed by atoms with Gasteiger partial charge in [-0.25, -0.2) is 4.79 Å². The minimum atomic E-state index is -0.735. The SMILES string of the molecule is CC1(C)CCN(C(=O)NC2CCCC(C(=O)O)C2)C1. The van der Waals surface area contributed by atoms with E-state index in [-0.39, 0.29) is 23.4 Å². The van der Waals surface area contributed by atoms with Gasteiger partial charge in [0.25, 0.3) is 0 Å². The molecule has 2 aliphatic rings. The fourth-order valence-electron chi connectivity index (χ4n) is 3.10. The van der Waals surface area contributed by atoms with Crippen molar-refractivity contribution in [2.45, 2.75) is 52.0 Å². The molecular weight excluding hydrogens is 244 g/mol. The summed E-state index contributed by atoms with van der Waals surface area (Å²) in [4.78, 5) is 25.0. The molecule has 1 aliphatic heterocycles. The number of carbonyl (C=O) groups excluding carboxylic acids is 1. The Morgan fingerprint density at radius 3 is 2.63 bits per heavy atom. The minimum Gasteiger partial charge on any atom is -0.481 e. The zero-order valence-corrected chi connectivity index (χ0v) is 11.8. The number of nitrogens with zero attached hydrogens (tertiary/aromatic N) is 1. The van der Waals surface area contributed by atoms with Gasteiger partial charge >= 0.3 is 12.0 Å². The molecule has 0 aromatic carbocycles. The standard InChI is InChI=1S/C14H24N2O3/c1-14(2)6-7-16(9-14)13(19)15-11-5-3-4-10(8-11)12(17)18/h10-11H,3-9H2,1-2H3,(H,15,19)(H,17,18). The summed E-state index contributed by atoms with van der Waals surface area (Å²) in [6, 6.07) is -0.00678. The first-order chi connectivity index (χ1) is 8.87. The van der Waals surface area contributed by atoms with Crippen molar-refractivity contribution >= 4 is 12.0 Å². The van der Waals surface area contributed by atoms with E-state index in [1.54, 1.807) is 0 Å². The Balaban J connectivity index is 1.84. The molecule has 1 aliphatic carbocycles. The second-order valence-corrected chi connectivity index (χ2v) is 6.68. The molecule has 108 valence electrons. The van der Waals surface area contributed by atoms with E-state index in [4.69, 9.17) is 5.11 Å². The van der Waals surface area contributed by atoms with E-state index in [1.807, 2.05) is 4.90 Å². The average Bonchev–Trinajstić information content (AvgIpc) is 2.70. The van der Waals surface area contributed by atoms with Crippen LogP contribution in [0.2, 0.25) is 0 Å². The van der Waals surface area contributed by atoms with Crippen LogP contribution in [-0.4, -0.2) is 41.1 Å².